The Morgan fingerprint density at radius 1 is 1.21 bits per heavy atom. The predicted molar refractivity (Wildman–Crippen MR) is 83.1 cm³/mol. The van der Waals surface area contributed by atoms with E-state index in [9.17, 15) is 0 Å². The Morgan fingerprint density at radius 2 is 1.89 bits per heavy atom. The second-order valence-electron chi connectivity index (χ2n) is 4.19. The topological polar surface area (TPSA) is 41.1 Å². The molecule has 1 N–H and O–H groups in total. The predicted octanol–water partition coefficient (Wildman–Crippen LogP) is 3.75. The Morgan fingerprint density at radius 3 is 2.47 bits per heavy atom. The van der Waals surface area contributed by atoms with Crippen LogP contribution in [0.4, 0.5) is 17.3 Å². The quantitative estimate of drug-likeness (QED) is 0.931. The molecule has 2 rings (SSSR count). The summed E-state index contributed by atoms with van der Waals surface area (Å²) in [6, 6.07) is 8.41. The summed E-state index contributed by atoms with van der Waals surface area (Å²) >= 11 is 3.57. The minimum absolute atomic E-state index is 0.788. The Balaban J connectivity index is 2.45. The molecule has 0 spiro atoms. The van der Waals surface area contributed by atoms with E-state index < -0.39 is 0 Å². The second-order valence-corrected chi connectivity index (χ2v) is 4.98. The maximum Gasteiger partial charge on any atom is 0.152 e. The molecule has 4 nitrogen and oxygen atoms in total. The lowest BCUT2D eigenvalue weighted by atomic mass is 10.2. The van der Waals surface area contributed by atoms with Crippen molar-refractivity contribution in [2.24, 2.45) is 0 Å². The molecule has 0 saturated carbocycles. The first-order valence-electron chi connectivity index (χ1n) is 6.19. The highest BCUT2D eigenvalue weighted by Crippen LogP contribution is 2.33. The van der Waals surface area contributed by atoms with Crippen LogP contribution in [0.3, 0.4) is 0 Å². The summed E-state index contributed by atoms with van der Waals surface area (Å²) in [6.07, 6.45) is 1.57. The van der Waals surface area contributed by atoms with Crippen molar-refractivity contribution in [1.82, 2.24) is 9.97 Å². The van der Waals surface area contributed by atoms with Crippen LogP contribution in [-0.2, 0) is 0 Å². The molecule has 1 heterocycles. The third kappa shape index (κ3) is 2.87. The fourth-order valence-corrected chi connectivity index (χ4v) is 2.52. The van der Waals surface area contributed by atoms with Gasteiger partial charge in [0.15, 0.2) is 5.82 Å². The molecule has 0 aliphatic rings. The SMILES string of the molecule is CCN(c1ccc(C)cc1)c1ncnc(NC)c1Br. The molecule has 0 aliphatic heterocycles. The molecule has 0 bridgehead atoms. The summed E-state index contributed by atoms with van der Waals surface area (Å²) in [5.74, 6) is 1.65. The summed E-state index contributed by atoms with van der Waals surface area (Å²) in [7, 11) is 1.85. The number of nitrogens with zero attached hydrogens (tertiary/aromatic N) is 3. The molecule has 19 heavy (non-hydrogen) atoms. The molecule has 0 unspecified atom stereocenters. The number of anilines is 3. The van der Waals surface area contributed by atoms with Crippen LogP contribution < -0.4 is 10.2 Å². The third-order valence-corrected chi connectivity index (χ3v) is 3.66. The van der Waals surface area contributed by atoms with E-state index in [4.69, 9.17) is 0 Å². The van der Waals surface area contributed by atoms with Crippen LogP contribution in [0.25, 0.3) is 0 Å². The van der Waals surface area contributed by atoms with E-state index >= 15 is 0 Å². The van der Waals surface area contributed by atoms with Crippen molar-refractivity contribution in [3.05, 3.63) is 40.6 Å². The van der Waals surface area contributed by atoms with Gasteiger partial charge in [0.05, 0.1) is 0 Å². The van der Waals surface area contributed by atoms with E-state index in [0.29, 0.717) is 0 Å². The van der Waals surface area contributed by atoms with Crippen LogP contribution in [0, 0.1) is 6.92 Å². The fourth-order valence-electron chi connectivity index (χ4n) is 1.90. The van der Waals surface area contributed by atoms with E-state index in [2.05, 4.69) is 74.2 Å². The average molecular weight is 321 g/mol. The number of nitrogens with one attached hydrogen (secondary N) is 1. The van der Waals surface area contributed by atoms with E-state index in [1.165, 1.54) is 5.56 Å². The van der Waals surface area contributed by atoms with Crippen LogP contribution >= 0.6 is 15.9 Å². The van der Waals surface area contributed by atoms with Crippen molar-refractivity contribution in [2.75, 3.05) is 23.8 Å². The zero-order valence-corrected chi connectivity index (χ0v) is 12.9. The van der Waals surface area contributed by atoms with E-state index in [1.54, 1.807) is 6.33 Å². The van der Waals surface area contributed by atoms with E-state index in [1.807, 2.05) is 7.05 Å². The molecule has 0 atom stereocenters. The molecule has 0 saturated heterocycles. The van der Waals surface area contributed by atoms with Crippen LogP contribution in [0.2, 0.25) is 0 Å². The maximum atomic E-state index is 4.38. The van der Waals surface area contributed by atoms with Crippen LogP contribution in [0.5, 0.6) is 0 Å². The Bertz CT molecular complexity index is 554. The molecule has 5 heteroatoms. The number of benzene rings is 1. The first-order valence-corrected chi connectivity index (χ1v) is 6.99. The van der Waals surface area contributed by atoms with Gasteiger partial charge in [-0.25, -0.2) is 9.97 Å². The van der Waals surface area contributed by atoms with Crippen LogP contribution in [0.15, 0.2) is 35.1 Å². The Kier molecular flexibility index (Phi) is 4.37. The highest BCUT2D eigenvalue weighted by Gasteiger charge is 2.15. The van der Waals surface area contributed by atoms with Crippen molar-refractivity contribution in [3.63, 3.8) is 0 Å². The van der Waals surface area contributed by atoms with Crippen molar-refractivity contribution >= 4 is 33.3 Å². The number of hydrogen-bond acceptors (Lipinski definition) is 4. The van der Waals surface area contributed by atoms with Gasteiger partial charge in [0.2, 0.25) is 0 Å². The van der Waals surface area contributed by atoms with Gasteiger partial charge in [-0.3, -0.25) is 0 Å². The first kappa shape index (κ1) is 13.8. The zero-order chi connectivity index (χ0) is 13.8. The fraction of sp³-hybridized carbons (Fsp3) is 0.286. The highest BCUT2D eigenvalue weighted by atomic mass is 79.9. The van der Waals surface area contributed by atoms with Crippen LogP contribution in [0.1, 0.15) is 12.5 Å². The second kappa shape index (κ2) is 6.02. The molecule has 0 amide bonds. The normalized spacial score (nSPS) is 10.3. The first-order chi connectivity index (χ1) is 9.17. The Hall–Kier alpha value is -1.62. The smallest absolute Gasteiger partial charge is 0.152 e. The van der Waals surface area contributed by atoms with Gasteiger partial charge in [0.1, 0.15) is 16.6 Å². The third-order valence-electron chi connectivity index (χ3n) is 2.93. The van der Waals surface area contributed by atoms with Crippen molar-refractivity contribution in [2.45, 2.75) is 13.8 Å². The minimum atomic E-state index is 0.788. The highest BCUT2D eigenvalue weighted by molar-refractivity contribution is 9.10. The summed E-state index contributed by atoms with van der Waals surface area (Å²) in [4.78, 5) is 10.7. The largest absolute Gasteiger partial charge is 0.372 e. The zero-order valence-electron chi connectivity index (χ0n) is 11.3. The summed E-state index contributed by atoms with van der Waals surface area (Å²) in [5, 5.41) is 3.05. The molecule has 0 aliphatic carbocycles. The van der Waals surface area contributed by atoms with Gasteiger partial charge in [-0.05, 0) is 41.9 Å². The number of hydrogen-bond donors (Lipinski definition) is 1. The van der Waals surface area contributed by atoms with Gasteiger partial charge in [-0.1, -0.05) is 17.7 Å². The summed E-state index contributed by atoms with van der Waals surface area (Å²) in [6.45, 7) is 5.02. The molecular formula is C14H17BrN4. The lowest BCUT2D eigenvalue weighted by molar-refractivity contribution is 0.969. The van der Waals surface area contributed by atoms with E-state index in [0.717, 1.165) is 28.3 Å². The van der Waals surface area contributed by atoms with Crippen LogP contribution in [-0.4, -0.2) is 23.6 Å². The minimum Gasteiger partial charge on any atom is -0.372 e. The van der Waals surface area contributed by atoms with Gasteiger partial charge >= 0.3 is 0 Å². The molecule has 100 valence electrons. The maximum absolute atomic E-state index is 4.38. The standard InChI is InChI=1S/C14H17BrN4/c1-4-19(11-7-5-10(2)6-8-11)14-12(15)13(16-3)17-9-18-14/h5-9H,4H2,1-3H3,(H,16,17,18). The van der Waals surface area contributed by atoms with Gasteiger partial charge in [0, 0.05) is 19.3 Å². The molecular weight excluding hydrogens is 304 g/mol. The number of aryl methyl sites for hydroxylation is 1. The molecule has 1 aromatic heterocycles. The monoisotopic (exact) mass is 320 g/mol. The lowest BCUT2D eigenvalue weighted by Gasteiger charge is -2.23. The molecule has 1 aromatic carbocycles. The van der Waals surface area contributed by atoms with E-state index in [-0.39, 0.29) is 0 Å². The van der Waals surface area contributed by atoms with Crippen molar-refractivity contribution < 1.29 is 0 Å². The number of rotatable bonds is 4. The Labute approximate surface area is 122 Å². The molecule has 2 aromatic rings. The van der Waals surface area contributed by atoms with Gasteiger partial charge < -0.3 is 10.2 Å². The van der Waals surface area contributed by atoms with Gasteiger partial charge in [-0.2, -0.15) is 0 Å². The lowest BCUT2D eigenvalue weighted by Crippen LogP contribution is -2.18. The molecule has 0 radical (unpaired) electrons. The van der Waals surface area contributed by atoms with Crippen molar-refractivity contribution in [1.29, 1.82) is 0 Å². The van der Waals surface area contributed by atoms with Gasteiger partial charge in [-0.15, -0.1) is 0 Å². The molecule has 0 fully saturated rings. The van der Waals surface area contributed by atoms with Gasteiger partial charge in [0.25, 0.3) is 0 Å². The number of halogens is 1. The summed E-state index contributed by atoms with van der Waals surface area (Å²) in [5.41, 5.74) is 2.37. The van der Waals surface area contributed by atoms with Crippen molar-refractivity contribution in [3.8, 4) is 0 Å². The average Bonchev–Trinajstić information content (AvgIpc) is 2.43. The number of aromatic nitrogens is 2. The summed E-state index contributed by atoms with van der Waals surface area (Å²) < 4.78 is 0.875.